The number of carbonyl (C=O) groups is 2. The molecule has 1 rings (SSSR count). The highest BCUT2D eigenvalue weighted by Gasteiger charge is 2.31. The molecule has 0 fully saturated rings. The Labute approximate surface area is 177 Å². The molecule has 29 heavy (non-hydrogen) atoms. The summed E-state index contributed by atoms with van der Waals surface area (Å²) in [4.78, 5) is 23.5. The number of ether oxygens (including phenoxy) is 2. The number of aliphatic hydroxyl groups is 1. The Morgan fingerprint density at radius 2 is 1.59 bits per heavy atom. The van der Waals surface area contributed by atoms with Crippen LogP contribution >= 0.6 is 0 Å². The molecular formula is C22H36O5Si2. The highest BCUT2D eigenvalue weighted by Crippen LogP contribution is 2.19. The Morgan fingerprint density at radius 3 is 2.10 bits per heavy atom. The van der Waals surface area contributed by atoms with E-state index in [1.807, 2.05) is 0 Å². The zero-order chi connectivity index (χ0) is 22.2. The molecule has 0 unspecified atom stereocenters. The number of hydrogen-bond donors (Lipinski definition) is 1. The minimum atomic E-state index is -2.02. The van der Waals surface area contributed by atoms with Gasteiger partial charge in [-0.25, -0.2) is 4.79 Å². The van der Waals surface area contributed by atoms with Gasteiger partial charge in [-0.3, -0.25) is 4.79 Å². The lowest BCUT2D eigenvalue weighted by atomic mass is 10.2. The molecule has 0 heterocycles. The van der Waals surface area contributed by atoms with Crippen molar-refractivity contribution in [3.05, 3.63) is 35.9 Å². The summed E-state index contributed by atoms with van der Waals surface area (Å²) in [7, 11) is -3.89. The van der Waals surface area contributed by atoms with Crippen molar-refractivity contribution >= 4 is 38.5 Å². The number of benzene rings is 1. The molecule has 1 N–H and O–H groups in total. The Morgan fingerprint density at radius 1 is 1.00 bits per heavy atom. The van der Waals surface area contributed by atoms with E-state index in [1.165, 1.54) is 10.4 Å². The van der Waals surface area contributed by atoms with Crippen molar-refractivity contribution in [2.45, 2.75) is 65.2 Å². The van der Waals surface area contributed by atoms with Crippen LogP contribution in [0.15, 0.2) is 30.4 Å². The average molecular weight is 437 g/mol. The standard InChI is InChI=1S/C22H36O5Si2/c1-8-21(24)27-10-11-28(4,5)19-12-18(15-23)13-20(14-19)29(6,7)16-17(3)22(25)26-9-2/h12-14,23H,3,8-11,15-16H2,1-2,4-7H3. The van der Waals surface area contributed by atoms with Crippen LogP contribution in [0.25, 0.3) is 0 Å². The Bertz CT molecular complexity index is 741. The van der Waals surface area contributed by atoms with Gasteiger partial charge in [0.25, 0.3) is 0 Å². The summed E-state index contributed by atoms with van der Waals surface area (Å²) in [6.07, 6.45) is 0.385. The number of hydrogen-bond acceptors (Lipinski definition) is 5. The molecule has 0 amide bonds. The minimum absolute atomic E-state index is 0.0283. The predicted molar refractivity (Wildman–Crippen MR) is 123 cm³/mol. The smallest absolute Gasteiger partial charge is 0.333 e. The van der Waals surface area contributed by atoms with E-state index in [0.29, 0.717) is 31.3 Å². The van der Waals surface area contributed by atoms with Gasteiger partial charge in [0, 0.05) is 12.0 Å². The first-order valence-electron chi connectivity index (χ1n) is 10.2. The average Bonchev–Trinajstić information content (AvgIpc) is 2.67. The maximum absolute atomic E-state index is 12.0. The molecule has 0 spiro atoms. The molecule has 0 saturated heterocycles. The molecule has 1 aromatic rings. The van der Waals surface area contributed by atoms with Crippen LogP contribution in [0.4, 0.5) is 0 Å². The zero-order valence-electron chi connectivity index (χ0n) is 18.8. The monoisotopic (exact) mass is 436 g/mol. The third-order valence-electron chi connectivity index (χ3n) is 5.24. The van der Waals surface area contributed by atoms with E-state index in [-0.39, 0.29) is 18.5 Å². The number of esters is 2. The molecule has 0 aliphatic heterocycles. The maximum atomic E-state index is 12.0. The quantitative estimate of drug-likeness (QED) is 0.328. The molecule has 0 aliphatic rings. The van der Waals surface area contributed by atoms with Crippen LogP contribution in [0.3, 0.4) is 0 Å². The molecule has 0 atom stereocenters. The van der Waals surface area contributed by atoms with Gasteiger partial charge in [-0.2, -0.15) is 0 Å². The third kappa shape index (κ3) is 7.56. The Hall–Kier alpha value is -1.71. The van der Waals surface area contributed by atoms with Crippen molar-refractivity contribution in [1.29, 1.82) is 0 Å². The molecule has 0 aromatic heterocycles. The first kappa shape index (κ1) is 25.3. The number of rotatable bonds is 11. The van der Waals surface area contributed by atoms with Crippen molar-refractivity contribution in [1.82, 2.24) is 0 Å². The molecule has 0 aliphatic carbocycles. The zero-order valence-corrected chi connectivity index (χ0v) is 20.8. The van der Waals surface area contributed by atoms with E-state index in [9.17, 15) is 14.7 Å². The lowest BCUT2D eigenvalue weighted by molar-refractivity contribution is -0.142. The van der Waals surface area contributed by atoms with Crippen molar-refractivity contribution < 1.29 is 24.2 Å². The van der Waals surface area contributed by atoms with Crippen molar-refractivity contribution in [3.63, 3.8) is 0 Å². The third-order valence-corrected chi connectivity index (χ3v) is 11.7. The van der Waals surface area contributed by atoms with Gasteiger partial charge in [0.1, 0.15) is 0 Å². The lowest BCUT2D eigenvalue weighted by Gasteiger charge is -2.29. The van der Waals surface area contributed by atoms with Crippen LogP contribution in [0.1, 0.15) is 25.8 Å². The predicted octanol–water partition coefficient (Wildman–Crippen LogP) is 3.08. The highest BCUT2D eigenvalue weighted by molar-refractivity contribution is 6.93. The summed E-state index contributed by atoms with van der Waals surface area (Å²) in [5.74, 6) is -0.510. The summed E-state index contributed by atoms with van der Waals surface area (Å²) in [6.45, 7) is 17.1. The van der Waals surface area contributed by atoms with Crippen molar-refractivity contribution in [3.8, 4) is 0 Å². The van der Waals surface area contributed by atoms with Crippen LogP contribution in [-0.4, -0.2) is 46.4 Å². The normalized spacial score (nSPS) is 11.8. The molecule has 1 aromatic carbocycles. The fraction of sp³-hybridized carbons (Fsp3) is 0.545. The van der Waals surface area contributed by atoms with Gasteiger partial charge >= 0.3 is 11.9 Å². The Balaban J connectivity index is 3.12. The molecule has 0 saturated carbocycles. The first-order chi connectivity index (χ1) is 13.5. The van der Waals surface area contributed by atoms with Crippen LogP contribution in [0.5, 0.6) is 0 Å². The lowest BCUT2D eigenvalue weighted by Crippen LogP contribution is -2.49. The molecule has 0 bridgehead atoms. The molecule has 7 heteroatoms. The van der Waals surface area contributed by atoms with Gasteiger partial charge in [-0.1, -0.05) is 68.3 Å². The summed E-state index contributed by atoms with van der Waals surface area (Å²) < 4.78 is 10.4. The van der Waals surface area contributed by atoms with Crippen LogP contribution in [0.2, 0.25) is 38.3 Å². The summed E-state index contributed by atoms with van der Waals surface area (Å²) in [5, 5.41) is 12.2. The molecule has 162 valence electrons. The largest absolute Gasteiger partial charge is 0.466 e. The number of carbonyl (C=O) groups excluding carboxylic acids is 2. The van der Waals surface area contributed by atoms with Crippen LogP contribution in [-0.2, 0) is 25.7 Å². The second kappa shape index (κ2) is 10.9. The molecular weight excluding hydrogens is 400 g/mol. The summed E-state index contributed by atoms with van der Waals surface area (Å²) in [5.41, 5.74) is 1.38. The summed E-state index contributed by atoms with van der Waals surface area (Å²) in [6, 6.07) is 7.79. The molecule has 0 radical (unpaired) electrons. The fourth-order valence-corrected chi connectivity index (χ4v) is 7.88. The van der Waals surface area contributed by atoms with Crippen LogP contribution in [0, 0.1) is 0 Å². The van der Waals surface area contributed by atoms with E-state index in [0.717, 1.165) is 11.6 Å². The highest BCUT2D eigenvalue weighted by atomic mass is 28.3. The first-order valence-corrected chi connectivity index (χ1v) is 16.6. The number of aliphatic hydroxyl groups excluding tert-OH is 1. The summed E-state index contributed by atoms with van der Waals surface area (Å²) >= 11 is 0. The van der Waals surface area contributed by atoms with E-state index < -0.39 is 16.1 Å². The van der Waals surface area contributed by atoms with Crippen LogP contribution < -0.4 is 10.4 Å². The SMILES string of the molecule is C=C(C[Si](C)(C)c1cc(CO)cc([Si](C)(C)CCOC(=O)CC)c1)C(=O)OCC. The van der Waals surface area contributed by atoms with Crippen molar-refractivity contribution in [2.75, 3.05) is 13.2 Å². The van der Waals surface area contributed by atoms with Gasteiger partial charge in [-0.15, -0.1) is 0 Å². The van der Waals surface area contributed by atoms with E-state index in [4.69, 9.17) is 9.47 Å². The fourth-order valence-electron chi connectivity index (χ4n) is 3.17. The van der Waals surface area contributed by atoms with Gasteiger partial charge in [0.15, 0.2) is 0 Å². The van der Waals surface area contributed by atoms with Gasteiger partial charge in [0.2, 0.25) is 0 Å². The Kier molecular flexibility index (Phi) is 9.52. The topological polar surface area (TPSA) is 72.8 Å². The van der Waals surface area contributed by atoms with E-state index >= 15 is 0 Å². The van der Waals surface area contributed by atoms with Gasteiger partial charge in [0.05, 0.1) is 36.0 Å². The maximum Gasteiger partial charge on any atom is 0.333 e. The van der Waals surface area contributed by atoms with E-state index in [2.05, 4.69) is 51.0 Å². The van der Waals surface area contributed by atoms with E-state index in [1.54, 1.807) is 13.8 Å². The molecule has 5 nitrogen and oxygen atoms in total. The minimum Gasteiger partial charge on any atom is -0.466 e. The van der Waals surface area contributed by atoms with Gasteiger partial charge < -0.3 is 14.6 Å². The van der Waals surface area contributed by atoms with Crippen molar-refractivity contribution in [2.24, 2.45) is 0 Å². The van der Waals surface area contributed by atoms with Gasteiger partial charge in [-0.05, 0) is 24.6 Å². The second-order valence-electron chi connectivity index (χ2n) is 8.67. The second-order valence-corrected chi connectivity index (χ2v) is 18.2.